The number of anilines is 2. The van der Waals surface area contributed by atoms with E-state index >= 15 is 0 Å². The van der Waals surface area contributed by atoms with Crippen molar-refractivity contribution in [1.82, 2.24) is 0 Å². The molecule has 1 heterocycles. The Balaban J connectivity index is 1.75. The highest BCUT2D eigenvalue weighted by molar-refractivity contribution is 7.86. The number of benzene rings is 2. The lowest BCUT2D eigenvalue weighted by molar-refractivity contribution is -0.120. The van der Waals surface area contributed by atoms with E-state index in [1.165, 1.54) is 0 Å². The van der Waals surface area contributed by atoms with Crippen molar-refractivity contribution in [3.8, 4) is 0 Å². The van der Waals surface area contributed by atoms with E-state index in [9.17, 15) is 13.8 Å². The fourth-order valence-electron chi connectivity index (χ4n) is 2.70. The zero-order valence-corrected chi connectivity index (χ0v) is 14.3. The Morgan fingerprint density at radius 2 is 1.96 bits per heavy atom. The van der Waals surface area contributed by atoms with E-state index in [0.717, 1.165) is 11.1 Å². The zero-order chi connectivity index (χ0) is 17.3. The Kier molecular flexibility index (Phi) is 4.49. The summed E-state index contributed by atoms with van der Waals surface area (Å²) in [4.78, 5) is 25.0. The third-order valence-electron chi connectivity index (χ3n) is 3.94. The highest BCUT2D eigenvalue weighted by atomic mass is 32.2. The van der Waals surface area contributed by atoms with Crippen LogP contribution in [0.25, 0.3) is 0 Å². The molecule has 124 valence electrons. The minimum Gasteiger partial charge on any atom is -0.326 e. The average molecular weight is 342 g/mol. The molecular formula is C18H18N2O3S. The van der Waals surface area contributed by atoms with E-state index in [1.807, 2.05) is 32.0 Å². The predicted molar refractivity (Wildman–Crippen MR) is 94.4 cm³/mol. The SMILES string of the molecule is Cc1ccc(NC(=O)C[C@@H]2C(=O)Nc3ccccc3[S@]2=O)c(C)c1. The van der Waals surface area contributed by atoms with Gasteiger partial charge in [0.05, 0.1) is 27.8 Å². The van der Waals surface area contributed by atoms with Gasteiger partial charge in [-0.25, -0.2) is 0 Å². The third kappa shape index (κ3) is 3.23. The molecule has 1 aliphatic heterocycles. The number of nitrogens with one attached hydrogen (secondary N) is 2. The monoisotopic (exact) mass is 342 g/mol. The van der Waals surface area contributed by atoms with Gasteiger partial charge in [-0.05, 0) is 37.6 Å². The van der Waals surface area contributed by atoms with Gasteiger partial charge in [0.15, 0.2) is 0 Å². The molecule has 5 nitrogen and oxygen atoms in total. The van der Waals surface area contributed by atoms with Crippen molar-refractivity contribution >= 4 is 34.0 Å². The van der Waals surface area contributed by atoms with Crippen molar-refractivity contribution in [2.45, 2.75) is 30.4 Å². The van der Waals surface area contributed by atoms with Gasteiger partial charge in [-0.15, -0.1) is 0 Å². The molecule has 0 spiro atoms. The van der Waals surface area contributed by atoms with E-state index in [0.29, 0.717) is 16.3 Å². The van der Waals surface area contributed by atoms with Crippen molar-refractivity contribution < 1.29 is 13.8 Å². The molecular weight excluding hydrogens is 324 g/mol. The van der Waals surface area contributed by atoms with Crippen LogP contribution < -0.4 is 10.6 Å². The summed E-state index contributed by atoms with van der Waals surface area (Å²) in [5.41, 5.74) is 3.30. The molecule has 2 aromatic carbocycles. The van der Waals surface area contributed by atoms with Gasteiger partial charge in [-0.1, -0.05) is 29.8 Å². The minimum atomic E-state index is -1.54. The largest absolute Gasteiger partial charge is 0.326 e. The lowest BCUT2D eigenvalue weighted by Crippen LogP contribution is -2.39. The first kappa shape index (κ1) is 16.4. The van der Waals surface area contributed by atoms with Crippen LogP contribution in [-0.2, 0) is 20.4 Å². The molecule has 2 aromatic rings. The number of fused-ring (bicyclic) bond motifs is 1. The van der Waals surface area contributed by atoms with Crippen LogP contribution in [0.15, 0.2) is 47.4 Å². The number of carbonyl (C=O) groups is 2. The lowest BCUT2D eigenvalue weighted by atomic mass is 10.1. The Morgan fingerprint density at radius 3 is 2.71 bits per heavy atom. The maximum atomic E-state index is 12.6. The number of para-hydroxylation sites is 1. The average Bonchev–Trinajstić information content (AvgIpc) is 2.54. The van der Waals surface area contributed by atoms with Gasteiger partial charge >= 0.3 is 0 Å². The molecule has 0 unspecified atom stereocenters. The van der Waals surface area contributed by atoms with Crippen LogP contribution in [0.5, 0.6) is 0 Å². The van der Waals surface area contributed by atoms with Crippen LogP contribution >= 0.6 is 0 Å². The van der Waals surface area contributed by atoms with Crippen LogP contribution in [0.4, 0.5) is 11.4 Å². The number of amides is 2. The molecule has 0 bridgehead atoms. The van der Waals surface area contributed by atoms with Gasteiger partial charge in [0.25, 0.3) is 0 Å². The van der Waals surface area contributed by atoms with Crippen LogP contribution in [-0.4, -0.2) is 21.3 Å². The Morgan fingerprint density at radius 1 is 1.21 bits per heavy atom. The van der Waals surface area contributed by atoms with E-state index in [4.69, 9.17) is 0 Å². The van der Waals surface area contributed by atoms with E-state index in [-0.39, 0.29) is 18.2 Å². The molecule has 2 amide bonds. The molecule has 2 N–H and O–H groups in total. The second kappa shape index (κ2) is 6.57. The van der Waals surface area contributed by atoms with Crippen LogP contribution in [0.2, 0.25) is 0 Å². The van der Waals surface area contributed by atoms with E-state index in [2.05, 4.69) is 10.6 Å². The van der Waals surface area contributed by atoms with Gasteiger partial charge in [-0.2, -0.15) is 0 Å². The number of rotatable bonds is 3. The van der Waals surface area contributed by atoms with E-state index in [1.54, 1.807) is 24.3 Å². The highest BCUT2D eigenvalue weighted by Gasteiger charge is 2.34. The molecule has 0 radical (unpaired) electrons. The molecule has 0 aromatic heterocycles. The van der Waals surface area contributed by atoms with Crippen LogP contribution in [0.3, 0.4) is 0 Å². The summed E-state index contributed by atoms with van der Waals surface area (Å²) in [6.07, 6.45) is -0.125. The first-order valence-electron chi connectivity index (χ1n) is 7.63. The number of hydrogen-bond acceptors (Lipinski definition) is 3. The molecule has 6 heteroatoms. The fourth-order valence-corrected chi connectivity index (χ4v) is 4.11. The predicted octanol–water partition coefficient (Wildman–Crippen LogP) is 2.76. The highest BCUT2D eigenvalue weighted by Crippen LogP contribution is 2.28. The molecule has 3 rings (SSSR count). The van der Waals surface area contributed by atoms with Crippen molar-refractivity contribution in [1.29, 1.82) is 0 Å². The van der Waals surface area contributed by atoms with Crippen molar-refractivity contribution in [2.24, 2.45) is 0 Å². The Bertz CT molecular complexity index is 848. The molecule has 0 fully saturated rings. The maximum Gasteiger partial charge on any atom is 0.241 e. The Labute approximate surface area is 142 Å². The zero-order valence-electron chi connectivity index (χ0n) is 13.5. The van der Waals surface area contributed by atoms with Crippen molar-refractivity contribution in [3.63, 3.8) is 0 Å². The minimum absolute atomic E-state index is 0.125. The summed E-state index contributed by atoms with van der Waals surface area (Å²) in [7, 11) is -1.54. The summed E-state index contributed by atoms with van der Waals surface area (Å²) >= 11 is 0. The third-order valence-corrected chi connectivity index (χ3v) is 5.63. The number of aryl methyl sites for hydroxylation is 2. The first-order valence-corrected chi connectivity index (χ1v) is 8.84. The summed E-state index contributed by atoms with van der Waals surface area (Å²) in [5, 5.41) is 4.63. The molecule has 1 aliphatic rings. The quantitative estimate of drug-likeness (QED) is 0.900. The molecule has 2 atom stereocenters. The maximum absolute atomic E-state index is 12.6. The van der Waals surface area contributed by atoms with Gasteiger partial charge in [0.1, 0.15) is 5.25 Å². The standard InChI is InChI=1S/C18H18N2O3S/c1-11-7-8-13(12(2)9-11)19-17(21)10-16-18(22)20-14-5-3-4-6-15(14)24(16)23/h3-9,16H,10H2,1-2H3,(H,19,21)(H,20,22)/t16-,24-/m1/s1. The molecule has 0 saturated carbocycles. The molecule has 24 heavy (non-hydrogen) atoms. The van der Waals surface area contributed by atoms with Crippen molar-refractivity contribution in [2.75, 3.05) is 10.6 Å². The lowest BCUT2D eigenvalue weighted by Gasteiger charge is -2.23. The fraction of sp³-hybridized carbons (Fsp3) is 0.222. The summed E-state index contributed by atoms with van der Waals surface area (Å²) in [6, 6.07) is 12.7. The summed E-state index contributed by atoms with van der Waals surface area (Å²) in [5.74, 6) is -0.711. The van der Waals surface area contributed by atoms with Crippen LogP contribution in [0, 0.1) is 13.8 Å². The molecule has 0 saturated heterocycles. The van der Waals surface area contributed by atoms with Gasteiger partial charge in [0.2, 0.25) is 11.8 Å². The van der Waals surface area contributed by atoms with Gasteiger partial charge < -0.3 is 10.6 Å². The van der Waals surface area contributed by atoms with Gasteiger partial charge in [-0.3, -0.25) is 13.8 Å². The summed E-state index contributed by atoms with van der Waals surface area (Å²) in [6.45, 7) is 3.88. The van der Waals surface area contributed by atoms with E-state index < -0.39 is 16.0 Å². The number of hydrogen-bond donors (Lipinski definition) is 2. The second-order valence-corrected chi connectivity index (χ2v) is 7.45. The molecule has 0 aliphatic carbocycles. The first-order chi connectivity index (χ1) is 11.5. The second-order valence-electron chi connectivity index (χ2n) is 5.84. The van der Waals surface area contributed by atoms with Crippen LogP contribution in [0.1, 0.15) is 17.5 Å². The number of carbonyl (C=O) groups excluding carboxylic acids is 2. The topological polar surface area (TPSA) is 75.3 Å². The summed E-state index contributed by atoms with van der Waals surface area (Å²) < 4.78 is 12.6. The Hall–Kier alpha value is -2.47. The van der Waals surface area contributed by atoms with Crippen molar-refractivity contribution in [3.05, 3.63) is 53.6 Å². The smallest absolute Gasteiger partial charge is 0.241 e. The normalized spacial score (nSPS) is 19.3. The van der Waals surface area contributed by atoms with Gasteiger partial charge in [0, 0.05) is 5.69 Å².